The molecule has 1 rings (SSSR count). The average Bonchev–Trinajstić information content (AvgIpc) is 2.35. The standard InChI is InChI=1S/C9H12OS/c1-3-8(10)6-9-5-4-7(2)11-9/h4-5H,3,6H2,1-2H3. The number of thiophene rings is 1. The van der Waals surface area contributed by atoms with Crippen LogP contribution < -0.4 is 0 Å². The first-order valence-electron chi connectivity index (χ1n) is 3.79. The van der Waals surface area contributed by atoms with E-state index in [1.54, 1.807) is 11.3 Å². The fourth-order valence-corrected chi connectivity index (χ4v) is 1.82. The largest absolute Gasteiger partial charge is 0.299 e. The second-order valence-electron chi connectivity index (χ2n) is 2.58. The van der Waals surface area contributed by atoms with Gasteiger partial charge in [-0.05, 0) is 19.1 Å². The molecular weight excluding hydrogens is 156 g/mol. The van der Waals surface area contributed by atoms with E-state index in [4.69, 9.17) is 0 Å². The van der Waals surface area contributed by atoms with Crippen LogP contribution in [0.25, 0.3) is 0 Å². The minimum absolute atomic E-state index is 0.326. The summed E-state index contributed by atoms with van der Waals surface area (Å²) in [7, 11) is 0. The predicted molar refractivity (Wildman–Crippen MR) is 48.1 cm³/mol. The molecule has 1 aromatic rings. The Bertz CT molecular complexity index is 250. The van der Waals surface area contributed by atoms with Gasteiger partial charge in [-0.15, -0.1) is 11.3 Å². The third-order valence-corrected chi connectivity index (χ3v) is 2.56. The van der Waals surface area contributed by atoms with E-state index in [2.05, 4.69) is 13.0 Å². The van der Waals surface area contributed by atoms with E-state index in [0.29, 0.717) is 18.6 Å². The van der Waals surface area contributed by atoms with E-state index in [9.17, 15) is 4.79 Å². The van der Waals surface area contributed by atoms with E-state index >= 15 is 0 Å². The maximum absolute atomic E-state index is 11.0. The molecule has 0 bridgehead atoms. The average molecular weight is 168 g/mol. The molecule has 0 aliphatic carbocycles. The minimum atomic E-state index is 0.326. The number of carbonyl (C=O) groups is 1. The lowest BCUT2D eigenvalue weighted by Crippen LogP contribution is -1.97. The molecule has 60 valence electrons. The van der Waals surface area contributed by atoms with Gasteiger partial charge in [0.15, 0.2) is 0 Å². The Morgan fingerprint density at radius 1 is 1.55 bits per heavy atom. The maximum atomic E-state index is 11.0. The summed E-state index contributed by atoms with van der Waals surface area (Å²) in [6.45, 7) is 3.97. The number of ketones is 1. The van der Waals surface area contributed by atoms with Crippen molar-refractivity contribution in [2.75, 3.05) is 0 Å². The third kappa shape index (κ3) is 2.46. The molecule has 0 saturated carbocycles. The lowest BCUT2D eigenvalue weighted by atomic mass is 10.2. The Labute approximate surface area is 71.1 Å². The van der Waals surface area contributed by atoms with Crippen molar-refractivity contribution in [3.05, 3.63) is 21.9 Å². The van der Waals surface area contributed by atoms with Crippen molar-refractivity contribution < 1.29 is 4.79 Å². The van der Waals surface area contributed by atoms with Crippen molar-refractivity contribution in [3.8, 4) is 0 Å². The first kappa shape index (κ1) is 8.47. The van der Waals surface area contributed by atoms with Crippen LogP contribution in [-0.2, 0) is 11.2 Å². The summed E-state index contributed by atoms with van der Waals surface area (Å²) in [6, 6.07) is 4.09. The lowest BCUT2D eigenvalue weighted by molar-refractivity contribution is -0.118. The van der Waals surface area contributed by atoms with Crippen LogP contribution in [0.1, 0.15) is 23.1 Å². The van der Waals surface area contributed by atoms with Crippen LogP contribution in [0, 0.1) is 6.92 Å². The van der Waals surface area contributed by atoms with Crippen molar-refractivity contribution in [2.24, 2.45) is 0 Å². The van der Waals surface area contributed by atoms with E-state index in [1.807, 2.05) is 13.0 Å². The fraction of sp³-hybridized carbons (Fsp3) is 0.444. The summed E-state index contributed by atoms with van der Waals surface area (Å²) in [5.41, 5.74) is 0. The van der Waals surface area contributed by atoms with Gasteiger partial charge in [-0.3, -0.25) is 4.79 Å². The van der Waals surface area contributed by atoms with Crippen molar-refractivity contribution in [2.45, 2.75) is 26.7 Å². The first-order chi connectivity index (χ1) is 5.22. The molecule has 0 fully saturated rings. The van der Waals surface area contributed by atoms with Gasteiger partial charge in [-0.1, -0.05) is 6.92 Å². The molecule has 0 aliphatic heterocycles. The highest BCUT2D eigenvalue weighted by molar-refractivity contribution is 7.12. The van der Waals surface area contributed by atoms with Gasteiger partial charge >= 0.3 is 0 Å². The summed E-state index contributed by atoms with van der Waals surface area (Å²) in [4.78, 5) is 13.5. The topological polar surface area (TPSA) is 17.1 Å². The van der Waals surface area contributed by atoms with E-state index in [0.717, 1.165) is 0 Å². The first-order valence-corrected chi connectivity index (χ1v) is 4.61. The molecule has 0 unspecified atom stereocenters. The Morgan fingerprint density at radius 2 is 2.27 bits per heavy atom. The third-order valence-electron chi connectivity index (χ3n) is 1.56. The molecule has 1 aromatic heterocycles. The highest BCUT2D eigenvalue weighted by Gasteiger charge is 2.01. The Morgan fingerprint density at radius 3 is 2.73 bits per heavy atom. The van der Waals surface area contributed by atoms with Gasteiger partial charge in [0.1, 0.15) is 5.78 Å². The molecule has 0 saturated heterocycles. The highest BCUT2D eigenvalue weighted by atomic mass is 32.1. The van der Waals surface area contributed by atoms with E-state index in [1.165, 1.54) is 9.75 Å². The smallest absolute Gasteiger partial charge is 0.137 e. The summed E-state index contributed by atoms with van der Waals surface area (Å²) >= 11 is 1.71. The zero-order valence-corrected chi connectivity index (χ0v) is 7.70. The number of carbonyl (C=O) groups excluding carboxylic acids is 1. The molecule has 1 heterocycles. The van der Waals surface area contributed by atoms with Gasteiger partial charge in [-0.2, -0.15) is 0 Å². The van der Waals surface area contributed by atoms with Crippen LogP contribution in [0.15, 0.2) is 12.1 Å². The van der Waals surface area contributed by atoms with Gasteiger partial charge in [0, 0.05) is 22.6 Å². The van der Waals surface area contributed by atoms with Gasteiger partial charge in [-0.25, -0.2) is 0 Å². The zero-order valence-electron chi connectivity index (χ0n) is 6.89. The molecule has 0 N–H and O–H groups in total. The summed E-state index contributed by atoms with van der Waals surface area (Å²) in [6.07, 6.45) is 1.27. The Hall–Kier alpha value is -0.630. The summed E-state index contributed by atoms with van der Waals surface area (Å²) < 4.78 is 0. The van der Waals surface area contributed by atoms with Gasteiger partial charge in [0.2, 0.25) is 0 Å². The van der Waals surface area contributed by atoms with Crippen LogP contribution in [0.2, 0.25) is 0 Å². The number of rotatable bonds is 3. The number of hydrogen-bond acceptors (Lipinski definition) is 2. The van der Waals surface area contributed by atoms with Crippen LogP contribution >= 0.6 is 11.3 Å². The Kier molecular flexibility index (Phi) is 2.83. The van der Waals surface area contributed by atoms with Crippen LogP contribution in [0.5, 0.6) is 0 Å². The molecule has 0 aromatic carbocycles. The molecule has 0 aliphatic rings. The van der Waals surface area contributed by atoms with Crippen molar-refractivity contribution in [3.63, 3.8) is 0 Å². The van der Waals surface area contributed by atoms with Crippen LogP contribution in [0.4, 0.5) is 0 Å². The molecule has 1 nitrogen and oxygen atoms in total. The van der Waals surface area contributed by atoms with Crippen LogP contribution in [0.3, 0.4) is 0 Å². The predicted octanol–water partition coefficient (Wildman–Crippen LogP) is 2.58. The number of aryl methyl sites for hydroxylation is 1. The van der Waals surface area contributed by atoms with Crippen LogP contribution in [-0.4, -0.2) is 5.78 Å². The molecule has 11 heavy (non-hydrogen) atoms. The van der Waals surface area contributed by atoms with Gasteiger partial charge in [0.25, 0.3) is 0 Å². The minimum Gasteiger partial charge on any atom is -0.299 e. The molecule has 0 atom stereocenters. The maximum Gasteiger partial charge on any atom is 0.137 e. The second kappa shape index (κ2) is 3.67. The fourth-order valence-electron chi connectivity index (χ4n) is 0.899. The molecular formula is C9H12OS. The van der Waals surface area contributed by atoms with Gasteiger partial charge in [0.05, 0.1) is 0 Å². The normalized spacial score (nSPS) is 10.0. The second-order valence-corrected chi connectivity index (χ2v) is 3.95. The quantitative estimate of drug-likeness (QED) is 0.678. The molecule has 0 spiro atoms. The monoisotopic (exact) mass is 168 g/mol. The SMILES string of the molecule is CCC(=O)Cc1ccc(C)s1. The van der Waals surface area contributed by atoms with E-state index in [-0.39, 0.29) is 0 Å². The summed E-state index contributed by atoms with van der Waals surface area (Å²) in [5, 5.41) is 0. The number of hydrogen-bond donors (Lipinski definition) is 0. The number of Topliss-reactive ketones (excluding diaryl/α,β-unsaturated/α-hetero) is 1. The van der Waals surface area contributed by atoms with Gasteiger partial charge < -0.3 is 0 Å². The summed E-state index contributed by atoms with van der Waals surface area (Å²) in [5.74, 6) is 0.326. The molecule has 0 radical (unpaired) electrons. The van der Waals surface area contributed by atoms with Crippen molar-refractivity contribution in [1.82, 2.24) is 0 Å². The highest BCUT2D eigenvalue weighted by Crippen LogP contribution is 2.15. The van der Waals surface area contributed by atoms with Crippen molar-refractivity contribution >= 4 is 17.1 Å². The van der Waals surface area contributed by atoms with E-state index < -0.39 is 0 Å². The molecule has 2 heteroatoms. The Balaban J connectivity index is 2.57. The zero-order chi connectivity index (χ0) is 8.27. The van der Waals surface area contributed by atoms with Crippen molar-refractivity contribution in [1.29, 1.82) is 0 Å². The lowest BCUT2D eigenvalue weighted by Gasteiger charge is -1.91. The molecule has 0 amide bonds.